The van der Waals surface area contributed by atoms with Crippen LogP contribution in [0.2, 0.25) is 0 Å². The van der Waals surface area contributed by atoms with Crippen LogP contribution in [0.4, 0.5) is 22.0 Å². The number of nitrogens with zero attached hydrogens (tertiary/aromatic N) is 1. The van der Waals surface area contributed by atoms with Gasteiger partial charge in [-0.15, -0.1) is 0 Å². The van der Waals surface area contributed by atoms with Gasteiger partial charge in [0.25, 0.3) is 0 Å². The van der Waals surface area contributed by atoms with Gasteiger partial charge in [0.1, 0.15) is 0 Å². The third kappa shape index (κ3) is 2.91. The number of rotatable bonds is 2. The number of halogens is 6. The van der Waals surface area contributed by atoms with Crippen LogP contribution in [0.5, 0.6) is 0 Å². The highest BCUT2D eigenvalue weighted by Crippen LogP contribution is 2.22. The quantitative estimate of drug-likeness (QED) is 0.307. The predicted molar refractivity (Wildman–Crippen MR) is 52.0 cm³/mol. The second-order valence-electron chi connectivity index (χ2n) is 3.60. The first-order valence-electron chi connectivity index (χ1n) is 4.96. The lowest BCUT2D eigenvalue weighted by Crippen LogP contribution is -3.00. The third-order valence-electron chi connectivity index (χ3n) is 2.42. The molecular formula is C12H7BrF5N. The van der Waals surface area contributed by atoms with E-state index < -0.39 is 41.2 Å². The summed E-state index contributed by atoms with van der Waals surface area (Å²) in [6, 6.07) is 4.81. The molecule has 1 nitrogen and oxygen atoms in total. The Balaban J connectivity index is 0.00000180. The molecule has 0 spiro atoms. The summed E-state index contributed by atoms with van der Waals surface area (Å²) in [4.78, 5) is 0. The van der Waals surface area contributed by atoms with Gasteiger partial charge in [0.2, 0.25) is 5.82 Å². The smallest absolute Gasteiger partial charge is 0.200 e. The molecule has 0 aliphatic carbocycles. The molecule has 1 heterocycles. The number of benzene rings is 1. The van der Waals surface area contributed by atoms with Crippen LogP contribution >= 0.6 is 0 Å². The van der Waals surface area contributed by atoms with Gasteiger partial charge in [-0.1, -0.05) is 6.07 Å². The second-order valence-corrected chi connectivity index (χ2v) is 3.60. The summed E-state index contributed by atoms with van der Waals surface area (Å²) in [6.45, 7) is -0.438. The molecule has 0 aliphatic heterocycles. The van der Waals surface area contributed by atoms with Crippen molar-refractivity contribution in [1.29, 1.82) is 0 Å². The van der Waals surface area contributed by atoms with E-state index in [0.29, 0.717) is 0 Å². The minimum absolute atomic E-state index is 0. The first-order valence-corrected chi connectivity index (χ1v) is 4.96. The summed E-state index contributed by atoms with van der Waals surface area (Å²) < 4.78 is 66.7. The summed E-state index contributed by atoms with van der Waals surface area (Å²) in [5, 5.41) is 0. The van der Waals surface area contributed by atoms with E-state index in [2.05, 4.69) is 0 Å². The maximum atomic E-state index is 13.4. The lowest BCUT2D eigenvalue weighted by molar-refractivity contribution is -0.688. The van der Waals surface area contributed by atoms with Crippen LogP contribution in [-0.4, -0.2) is 0 Å². The van der Waals surface area contributed by atoms with Crippen LogP contribution in [0.25, 0.3) is 0 Å². The lowest BCUT2D eigenvalue weighted by Gasteiger charge is -2.05. The number of aromatic nitrogens is 1. The van der Waals surface area contributed by atoms with Crippen molar-refractivity contribution in [2.45, 2.75) is 6.54 Å². The molecule has 0 saturated heterocycles. The first kappa shape index (κ1) is 15.6. The molecule has 0 fully saturated rings. The van der Waals surface area contributed by atoms with Crippen LogP contribution in [0.15, 0.2) is 30.6 Å². The molecule has 0 radical (unpaired) electrons. The Kier molecular flexibility index (Phi) is 4.99. The van der Waals surface area contributed by atoms with Crippen LogP contribution in [0.1, 0.15) is 5.56 Å². The van der Waals surface area contributed by atoms with E-state index in [4.69, 9.17) is 0 Å². The topological polar surface area (TPSA) is 3.88 Å². The van der Waals surface area contributed by atoms with Crippen molar-refractivity contribution in [3.63, 3.8) is 0 Å². The molecule has 1 aromatic carbocycles. The standard InChI is InChI=1S/C12H7F5N.BrH/c13-8-7(6-18-4-2-1-3-5-18)9(14)11(16)12(17)10(8)15;/h1-5H,6H2;1H/q+1;/p-1. The summed E-state index contributed by atoms with van der Waals surface area (Å²) >= 11 is 0. The van der Waals surface area contributed by atoms with Gasteiger partial charge in [-0.2, -0.15) is 0 Å². The molecule has 0 aliphatic rings. The molecule has 0 N–H and O–H groups in total. The molecular weight excluding hydrogens is 333 g/mol. The first-order chi connectivity index (χ1) is 8.52. The predicted octanol–water partition coefficient (Wildman–Crippen LogP) is -0.278. The van der Waals surface area contributed by atoms with Crippen LogP contribution in [-0.2, 0) is 6.54 Å². The summed E-state index contributed by atoms with van der Waals surface area (Å²) in [7, 11) is 0. The summed E-state index contributed by atoms with van der Waals surface area (Å²) in [6.07, 6.45) is 2.91. The van der Waals surface area contributed by atoms with Crippen molar-refractivity contribution in [2.24, 2.45) is 0 Å². The maximum absolute atomic E-state index is 13.4. The molecule has 0 unspecified atom stereocenters. The number of pyridine rings is 1. The lowest BCUT2D eigenvalue weighted by atomic mass is 10.1. The fourth-order valence-electron chi connectivity index (χ4n) is 1.51. The Labute approximate surface area is 116 Å². The zero-order valence-electron chi connectivity index (χ0n) is 9.31. The van der Waals surface area contributed by atoms with E-state index in [1.54, 1.807) is 18.2 Å². The maximum Gasteiger partial charge on any atom is 0.200 e. The van der Waals surface area contributed by atoms with Crippen molar-refractivity contribution < 1.29 is 43.5 Å². The fourth-order valence-corrected chi connectivity index (χ4v) is 1.51. The van der Waals surface area contributed by atoms with Gasteiger partial charge in [-0.3, -0.25) is 0 Å². The molecule has 7 heteroatoms. The molecule has 0 atom stereocenters. The monoisotopic (exact) mass is 339 g/mol. The minimum Gasteiger partial charge on any atom is -1.00 e. The Hall–Kier alpha value is -1.50. The van der Waals surface area contributed by atoms with Gasteiger partial charge in [-0.05, 0) is 0 Å². The Bertz CT molecular complexity index is 559. The molecule has 19 heavy (non-hydrogen) atoms. The van der Waals surface area contributed by atoms with E-state index in [0.717, 1.165) is 0 Å². The van der Waals surface area contributed by atoms with Gasteiger partial charge in [0, 0.05) is 12.1 Å². The van der Waals surface area contributed by atoms with E-state index in [1.165, 1.54) is 17.0 Å². The highest BCUT2D eigenvalue weighted by molar-refractivity contribution is 5.23. The van der Waals surface area contributed by atoms with Gasteiger partial charge < -0.3 is 17.0 Å². The van der Waals surface area contributed by atoms with Gasteiger partial charge >= 0.3 is 0 Å². The SMILES string of the molecule is Fc1c(F)c(F)c(C[n+]2ccccc2)c(F)c1F.[Br-]. The van der Waals surface area contributed by atoms with Crippen LogP contribution in [0, 0.1) is 29.1 Å². The van der Waals surface area contributed by atoms with Gasteiger partial charge in [0.05, 0.1) is 5.56 Å². The zero-order chi connectivity index (χ0) is 13.3. The van der Waals surface area contributed by atoms with Crippen molar-refractivity contribution in [1.82, 2.24) is 0 Å². The fraction of sp³-hybridized carbons (Fsp3) is 0.0833. The van der Waals surface area contributed by atoms with E-state index in [9.17, 15) is 22.0 Å². The Morgan fingerprint density at radius 1 is 0.684 bits per heavy atom. The second kappa shape index (κ2) is 6.10. The van der Waals surface area contributed by atoms with E-state index in [1.807, 2.05) is 0 Å². The van der Waals surface area contributed by atoms with E-state index in [-0.39, 0.29) is 17.0 Å². The zero-order valence-corrected chi connectivity index (χ0v) is 10.9. The molecule has 2 rings (SSSR count). The molecule has 1 aromatic heterocycles. The Morgan fingerprint density at radius 2 is 1.11 bits per heavy atom. The highest BCUT2D eigenvalue weighted by Gasteiger charge is 2.27. The highest BCUT2D eigenvalue weighted by atomic mass is 79.9. The molecule has 102 valence electrons. The van der Waals surface area contributed by atoms with Crippen LogP contribution in [0.3, 0.4) is 0 Å². The average molecular weight is 340 g/mol. The molecule has 2 aromatic rings. The van der Waals surface area contributed by atoms with Crippen LogP contribution < -0.4 is 21.5 Å². The largest absolute Gasteiger partial charge is 1.00 e. The summed E-state index contributed by atoms with van der Waals surface area (Å²) in [5.41, 5.74) is -0.859. The third-order valence-corrected chi connectivity index (χ3v) is 2.42. The minimum atomic E-state index is -2.15. The normalized spacial score (nSPS) is 10.2. The van der Waals surface area contributed by atoms with Crippen molar-refractivity contribution >= 4 is 0 Å². The molecule has 0 bridgehead atoms. The van der Waals surface area contributed by atoms with E-state index >= 15 is 0 Å². The van der Waals surface area contributed by atoms with Crippen molar-refractivity contribution in [3.8, 4) is 0 Å². The van der Waals surface area contributed by atoms with Crippen molar-refractivity contribution in [2.75, 3.05) is 0 Å². The molecule has 0 saturated carbocycles. The van der Waals surface area contributed by atoms with Gasteiger partial charge in [-0.25, -0.2) is 26.5 Å². The van der Waals surface area contributed by atoms with Gasteiger partial charge in [0.15, 0.2) is 42.2 Å². The number of hydrogen-bond donors (Lipinski definition) is 0. The Morgan fingerprint density at radius 3 is 1.58 bits per heavy atom. The average Bonchev–Trinajstić information content (AvgIpc) is 2.40. The number of hydrogen-bond acceptors (Lipinski definition) is 0. The summed E-state index contributed by atoms with van der Waals surface area (Å²) in [5.74, 6) is -9.61. The van der Waals surface area contributed by atoms with Crippen molar-refractivity contribution in [3.05, 3.63) is 65.2 Å². The molecule has 0 amide bonds.